The number of hydrogen-bond donors (Lipinski definition) is 5. The third-order valence-electron chi connectivity index (χ3n) is 14.8. The molecule has 8 aromatic rings. The van der Waals surface area contributed by atoms with Crippen LogP contribution in [-0.4, -0.2) is 87.7 Å². The van der Waals surface area contributed by atoms with E-state index in [2.05, 4.69) is 26.6 Å². The lowest BCUT2D eigenvalue weighted by atomic mass is 9.95. The lowest BCUT2D eigenvalue weighted by Gasteiger charge is -2.25. The number of carbonyl (C=O) groups excluding carboxylic acids is 7. The first-order chi connectivity index (χ1) is 41.2. The molecule has 2 aliphatic rings. The molecule has 0 bridgehead atoms. The molecule has 10 rings (SSSR count). The summed E-state index contributed by atoms with van der Waals surface area (Å²) in [5.41, 5.74) is 6.18. The summed E-state index contributed by atoms with van der Waals surface area (Å²) in [4.78, 5) is 96.7. The lowest BCUT2D eigenvalue weighted by Crippen LogP contribution is -2.40. The van der Waals surface area contributed by atoms with Crippen LogP contribution in [-0.2, 0) is 51.2 Å². The fourth-order valence-corrected chi connectivity index (χ4v) is 11.4. The number of amides is 7. The van der Waals surface area contributed by atoms with Crippen molar-refractivity contribution in [3.63, 3.8) is 0 Å². The first-order valence-electron chi connectivity index (χ1n) is 28.0. The van der Waals surface area contributed by atoms with Crippen molar-refractivity contribution in [1.82, 2.24) is 14.5 Å². The van der Waals surface area contributed by atoms with E-state index in [1.165, 1.54) is 28.2 Å². The molecule has 0 saturated heterocycles. The average molecular weight is 1200 g/mol. The van der Waals surface area contributed by atoms with Gasteiger partial charge in [0.1, 0.15) is 41.7 Å². The van der Waals surface area contributed by atoms with Crippen molar-refractivity contribution in [3.8, 4) is 11.5 Å². The molecule has 86 heavy (non-hydrogen) atoms. The smallest absolute Gasteiger partial charge is 0.414 e. The highest BCUT2D eigenvalue weighted by molar-refractivity contribution is 6.20. The molecule has 21 heteroatoms. The van der Waals surface area contributed by atoms with Crippen molar-refractivity contribution in [2.45, 2.75) is 71.2 Å². The molecular weight excluding hydrogens is 1140 g/mol. The van der Waals surface area contributed by atoms with E-state index in [9.17, 15) is 33.6 Å². The molecule has 19 nitrogen and oxygen atoms in total. The number of benzene rings is 6. The summed E-state index contributed by atoms with van der Waals surface area (Å²) in [5, 5.41) is 17.1. The minimum atomic E-state index is -0.720. The van der Waals surface area contributed by atoms with Crippen molar-refractivity contribution in [2.24, 2.45) is 14.1 Å². The average Bonchev–Trinajstić information content (AvgIpc) is 1.58. The highest BCUT2D eigenvalue weighted by Crippen LogP contribution is 2.48. The number of halogens is 2. The Bertz CT molecular complexity index is 3950. The van der Waals surface area contributed by atoms with Gasteiger partial charge >= 0.3 is 6.09 Å². The number of nitrogens with one attached hydrogen (secondary N) is 5. The third-order valence-corrected chi connectivity index (χ3v) is 15.5. The van der Waals surface area contributed by atoms with E-state index in [1.807, 2.05) is 118 Å². The number of nitrogens with zero attached hydrogens (tertiary/aromatic N) is 4. The SMILES string of the molecule is CC(=O)Nc1ccc2c3c(cc(OCc4ccccc4)c2c1)N(C(=O)CNC(=O)c1cc(NC(=O)c2cc(NC(=O)CCC(=O)Nc4ccc5c6c(cc(OCc7ccccc7)c5c4)N(C(=O)OC(C)(C)C)CC6CCl)cn2C)cn1C)CC3CCl. The zero-order valence-electron chi connectivity index (χ0n) is 48.3. The van der Waals surface area contributed by atoms with E-state index < -0.39 is 35.3 Å². The number of aromatic nitrogens is 2. The second kappa shape index (κ2) is 25.5. The molecule has 0 saturated carbocycles. The van der Waals surface area contributed by atoms with Gasteiger partial charge in [-0.1, -0.05) is 72.8 Å². The molecule has 0 fully saturated rings. The zero-order chi connectivity index (χ0) is 61.0. The van der Waals surface area contributed by atoms with Crippen LogP contribution in [0.1, 0.15) is 95.6 Å². The molecule has 0 spiro atoms. The second-order valence-corrected chi connectivity index (χ2v) is 23.0. The van der Waals surface area contributed by atoms with Gasteiger partial charge in [-0.2, -0.15) is 0 Å². The number of fused-ring (bicyclic) bond motifs is 6. The zero-order valence-corrected chi connectivity index (χ0v) is 49.9. The van der Waals surface area contributed by atoms with Gasteiger partial charge in [-0.25, -0.2) is 4.79 Å². The summed E-state index contributed by atoms with van der Waals surface area (Å²) in [5.74, 6) is -1.53. The Balaban J connectivity index is 0.752. The van der Waals surface area contributed by atoms with Gasteiger partial charge in [0.15, 0.2) is 0 Å². The Morgan fingerprint density at radius 2 is 1.01 bits per heavy atom. The Labute approximate surface area is 506 Å². The molecule has 2 aromatic heterocycles. The van der Waals surface area contributed by atoms with Gasteiger partial charge in [-0.05, 0) is 90.2 Å². The number of ether oxygens (including phenoxy) is 3. The first-order valence-corrected chi connectivity index (χ1v) is 29.1. The summed E-state index contributed by atoms with van der Waals surface area (Å²) < 4.78 is 21.6. The summed E-state index contributed by atoms with van der Waals surface area (Å²) in [6, 6.07) is 36.9. The van der Waals surface area contributed by atoms with Gasteiger partial charge in [-0.3, -0.25) is 33.7 Å². The fraction of sp³-hybridized carbons (Fsp3) is 0.277. The van der Waals surface area contributed by atoms with E-state index in [-0.39, 0.29) is 85.9 Å². The number of rotatable bonds is 19. The molecule has 6 aromatic carbocycles. The van der Waals surface area contributed by atoms with Gasteiger partial charge in [0, 0.05) is 117 Å². The second-order valence-electron chi connectivity index (χ2n) is 22.3. The standard InChI is InChI=1S/C65H65Cl2N9O10/c1-38(77)69-43-17-19-47-49(23-43)55(84-36-39-13-9-7-10-14-39)27-51-60(47)41(29-66)32-75(51)59(80)31-68-62(81)53-26-46(35-73(53)5)72-63(82)54-25-45(34-74(54)6)71-58(79)22-21-57(78)70-44-18-20-48-50(24-44)56(85-37-40-15-11-8-12-16-40)28-52-61(48)42(30-67)33-76(52)64(83)86-65(2,3)4/h7-20,23-28,34-35,41-42H,21-22,29-33,36-37H2,1-6H3,(H,68,81)(H,69,77)(H,70,78)(H,71,79)(H,72,82). The molecule has 2 aliphatic heterocycles. The molecule has 7 amide bonds. The van der Waals surface area contributed by atoms with Crippen LogP contribution in [0.25, 0.3) is 21.5 Å². The van der Waals surface area contributed by atoms with E-state index in [0.717, 1.165) is 38.4 Å². The Morgan fingerprint density at radius 1 is 0.547 bits per heavy atom. The summed E-state index contributed by atoms with van der Waals surface area (Å²) in [6.07, 6.45) is 2.31. The molecular formula is C65H65Cl2N9O10. The van der Waals surface area contributed by atoms with Gasteiger partial charge in [0.25, 0.3) is 11.8 Å². The van der Waals surface area contributed by atoms with E-state index in [0.29, 0.717) is 57.6 Å². The highest BCUT2D eigenvalue weighted by atomic mass is 35.5. The number of hydrogen-bond acceptors (Lipinski definition) is 10. The van der Waals surface area contributed by atoms with Crippen molar-refractivity contribution in [2.75, 3.05) is 62.5 Å². The summed E-state index contributed by atoms with van der Waals surface area (Å²) >= 11 is 13.1. The van der Waals surface area contributed by atoms with Crippen molar-refractivity contribution in [3.05, 3.63) is 167 Å². The van der Waals surface area contributed by atoms with Crippen molar-refractivity contribution < 1.29 is 47.8 Å². The Kier molecular flexibility index (Phi) is 17.7. The van der Waals surface area contributed by atoms with E-state index in [4.69, 9.17) is 37.4 Å². The van der Waals surface area contributed by atoms with Gasteiger partial charge in [0.05, 0.1) is 29.3 Å². The number of carbonyl (C=O) groups is 7. The van der Waals surface area contributed by atoms with Gasteiger partial charge < -0.3 is 54.8 Å². The van der Waals surface area contributed by atoms with E-state index >= 15 is 0 Å². The maximum Gasteiger partial charge on any atom is 0.414 e. The summed E-state index contributed by atoms with van der Waals surface area (Å²) in [6.45, 7) is 7.60. The largest absolute Gasteiger partial charge is 0.488 e. The molecule has 0 aliphatic carbocycles. The first kappa shape index (κ1) is 59.8. The molecule has 444 valence electrons. The normalized spacial score (nSPS) is 14.3. The third kappa shape index (κ3) is 13.4. The van der Waals surface area contributed by atoms with Crippen LogP contribution in [0.2, 0.25) is 0 Å². The number of aryl methyl sites for hydroxylation is 2. The minimum absolute atomic E-state index is 0.156. The number of anilines is 6. The van der Waals surface area contributed by atoms with Crippen LogP contribution in [0.5, 0.6) is 11.5 Å². The fourth-order valence-electron chi connectivity index (χ4n) is 10.9. The minimum Gasteiger partial charge on any atom is -0.488 e. The predicted molar refractivity (Wildman–Crippen MR) is 334 cm³/mol. The Hall–Kier alpha value is -9.33. The van der Waals surface area contributed by atoms with Crippen LogP contribution >= 0.6 is 23.2 Å². The van der Waals surface area contributed by atoms with Crippen LogP contribution in [0.3, 0.4) is 0 Å². The predicted octanol–water partition coefficient (Wildman–Crippen LogP) is 11.6. The molecule has 4 heterocycles. The number of alkyl halides is 2. The monoisotopic (exact) mass is 1200 g/mol. The molecule has 2 unspecified atom stereocenters. The van der Waals surface area contributed by atoms with Crippen LogP contribution < -0.4 is 45.9 Å². The molecule has 0 radical (unpaired) electrons. The van der Waals surface area contributed by atoms with Crippen LogP contribution in [0.15, 0.2) is 134 Å². The topological polar surface area (TPSA) is 224 Å². The van der Waals surface area contributed by atoms with Crippen LogP contribution in [0, 0.1) is 0 Å². The Morgan fingerprint density at radius 3 is 1.51 bits per heavy atom. The van der Waals surface area contributed by atoms with E-state index in [1.54, 1.807) is 48.4 Å². The van der Waals surface area contributed by atoms with Crippen LogP contribution in [0.4, 0.5) is 38.9 Å². The molecule has 5 N–H and O–H groups in total. The summed E-state index contributed by atoms with van der Waals surface area (Å²) in [7, 11) is 3.28. The maximum absolute atomic E-state index is 14.1. The maximum atomic E-state index is 14.1. The molecule has 2 atom stereocenters. The lowest BCUT2D eigenvalue weighted by molar-refractivity contribution is -0.121. The van der Waals surface area contributed by atoms with Crippen molar-refractivity contribution >= 4 is 120 Å². The van der Waals surface area contributed by atoms with Crippen molar-refractivity contribution in [1.29, 1.82) is 0 Å². The quantitative estimate of drug-likeness (QED) is 0.0482. The van der Waals surface area contributed by atoms with Gasteiger partial charge in [0.2, 0.25) is 23.6 Å². The highest BCUT2D eigenvalue weighted by Gasteiger charge is 2.38. The van der Waals surface area contributed by atoms with Gasteiger partial charge in [-0.15, -0.1) is 23.2 Å².